The van der Waals surface area contributed by atoms with E-state index in [1.807, 2.05) is 25.3 Å². The molecule has 7 heteroatoms. The van der Waals surface area contributed by atoms with E-state index in [1.165, 1.54) is 17.5 Å². The predicted octanol–water partition coefficient (Wildman–Crippen LogP) is 6.49. The van der Waals surface area contributed by atoms with Crippen LogP contribution in [0.15, 0.2) is 86.0 Å². The summed E-state index contributed by atoms with van der Waals surface area (Å²) in [5.41, 5.74) is -0.885. The fourth-order valence-corrected chi connectivity index (χ4v) is 12.4. The molecule has 0 unspecified atom stereocenters. The molecule has 248 valence electrons. The van der Waals surface area contributed by atoms with Gasteiger partial charge in [-0.05, 0) is 66.3 Å². The average Bonchev–Trinajstić information content (AvgIpc) is 3.78. The van der Waals surface area contributed by atoms with Crippen molar-refractivity contribution in [3.8, 4) is 0 Å². The zero-order valence-corrected chi connectivity index (χ0v) is 29.5. The van der Waals surface area contributed by atoms with Crippen molar-refractivity contribution in [1.29, 1.82) is 0 Å². The Morgan fingerprint density at radius 2 is 1.57 bits per heavy atom. The third-order valence-electron chi connectivity index (χ3n) is 10.3. The van der Waals surface area contributed by atoms with Crippen molar-refractivity contribution in [2.24, 2.45) is 23.2 Å². The Morgan fingerprint density at radius 3 is 2.07 bits per heavy atom. The van der Waals surface area contributed by atoms with Crippen molar-refractivity contribution in [2.45, 2.75) is 83.3 Å². The van der Waals surface area contributed by atoms with Gasteiger partial charge in [-0.2, -0.15) is 0 Å². The zero-order valence-electron chi connectivity index (χ0n) is 28.5. The number of benzene rings is 2. The van der Waals surface area contributed by atoms with Crippen LogP contribution in [-0.2, 0) is 23.5 Å². The number of allylic oxidation sites excluding steroid dienone is 2. The second-order valence-corrected chi connectivity index (χ2v) is 18.6. The molecule has 2 aliphatic rings. The van der Waals surface area contributed by atoms with Gasteiger partial charge in [0.15, 0.2) is 0 Å². The number of ether oxygens (including phenoxy) is 1. The predicted molar refractivity (Wildman–Crippen MR) is 187 cm³/mol. The van der Waals surface area contributed by atoms with Crippen LogP contribution in [0.25, 0.3) is 0 Å². The quantitative estimate of drug-likeness (QED) is 0.0961. The summed E-state index contributed by atoms with van der Waals surface area (Å²) in [5.74, 6) is -1.52. The van der Waals surface area contributed by atoms with Crippen LogP contribution in [0.5, 0.6) is 0 Å². The Labute approximate surface area is 277 Å². The first kappa shape index (κ1) is 35.6. The van der Waals surface area contributed by atoms with Gasteiger partial charge in [0.1, 0.15) is 5.78 Å². The molecule has 0 aromatic heterocycles. The highest BCUT2D eigenvalue weighted by Gasteiger charge is 2.61. The van der Waals surface area contributed by atoms with E-state index in [-0.39, 0.29) is 41.1 Å². The van der Waals surface area contributed by atoms with Gasteiger partial charge in [-0.1, -0.05) is 93.6 Å². The number of nitrogens with zero attached hydrogens (tertiary/aromatic N) is 1. The number of Topliss-reactive ketones (excluding diaryl/α,β-unsaturated/α-hetero) is 1. The molecular formula is C39H53NO5Si. The first-order valence-electron chi connectivity index (χ1n) is 16.8. The molecular weight excluding hydrogens is 591 g/mol. The summed E-state index contributed by atoms with van der Waals surface area (Å²) in [4.78, 5) is 43.0. The second-order valence-electron chi connectivity index (χ2n) is 14.3. The number of amides is 1. The standard InChI is InChI=1S/C39H53NO5Si/c1-8-10-11-18-25-40(6)36(42)33-24-23-30(26-34(33)35(41)28-39(37(43)44-7)27-29(39)9-2)45-46(38(3,4)5,31-19-14-12-15-20-31)32-21-16-13-17-22-32/h8-9,12-17,19-22,29-30,33-34H,1-2,10-11,18,23-28H2,3-7H3/t29-,30-,33-,34-,39-/m1/s1. The highest BCUT2D eigenvalue weighted by molar-refractivity contribution is 6.99. The van der Waals surface area contributed by atoms with E-state index in [1.54, 1.807) is 11.0 Å². The van der Waals surface area contributed by atoms with Gasteiger partial charge < -0.3 is 14.1 Å². The first-order chi connectivity index (χ1) is 21.9. The summed E-state index contributed by atoms with van der Waals surface area (Å²) in [6.45, 7) is 15.1. The molecule has 4 rings (SSSR count). The minimum atomic E-state index is -2.87. The third-order valence-corrected chi connectivity index (χ3v) is 15.4. The Morgan fingerprint density at radius 1 is 0.957 bits per heavy atom. The van der Waals surface area contributed by atoms with Crippen LogP contribution in [0.1, 0.15) is 72.1 Å². The number of hydrogen-bond donors (Lipinski definition) is 0. The summed E-state index contributed by atoms with van der Waals surface area (Å²) in [6.07, 6.45) is 8.48. The van der Waals surface area contributed by atoms with E-state index in [4.69, 9.17) is 9.16 Å². The van der Waals surface area contributed by atoms with Crippen LogP contribution in [0.2, 0.25) is 5.04 Å². The lowest BCUT2D eigenvalue weighted by Crippen LogP contribution is -2.68. The number of hydrogen-bond acceptors (Lipinski definition) is 5. The molecule has 0 heterocycles. The Bertz CT molecular complexity index is 1330. The summed E-state index contributed by atoms with van der Waals surface area (Å²) in [6, 6.07) is 21.0. The highest BCUT2D eigenvalue weighted by Crippen LogP contribution is 2.57. The topological polar surface area (TPSA) is 72.9 Å². The second kappa shape index (κ2) is 15.1. The summed E-state index contributed by atoms with van der Waals surface area (Å²) < 4.78 is 12.6. The van der Waals surface area contributed by atoms with E-state index in [0.29, 0.717) is 32.2 Å². The minimum Gasteiger partial charge on any atom is -0.469 e. The summed E-state index contributed by atoms with van der Waals surface area (Å²) in [7, 11) is 0.336. The molecule has 0 bridgehead atoms. The molecule has 2 aliphatic carbocycles. The van der Waals surface area contributed by atoms with E-state index >= 15 is 0 Å². The van der Waals surface area contributed by atoms with Gasteiger partial charge >= 0.3 is 5.97 Å². The van der Waals surface area contributed by atoms with Gasteiger partial charge in [0.05, 0.1) is 12.5 Å². The minimum absolute atomic E-state index is 0.00374. The van der Waals surface area contributed by atoms with Crippen molar-refractivity contribution < 1.29 is 23.5 Å². The van der Waals surface area contributed by atoms with Crippen LogP contribution >= 0.6 is 0 Å². The van der Waals surface area contributed by atoms with Crippen LogP contribution in [-0.4, -0.2) is 57.7 Å². The molecule has 5 atom stereocenters. The molecule has 2 fully saturated rings. The number of carbonyl (C=O) groups excluding carboxylic acids is 3. The molecule has 46 heavy (non-hydrogen) atoms. The van der Waals surface area contributed by atoms with Gasteiger partial charge in [-0.25, -0.2) is 0 Å². The summed E-state index contributed by atoms with van der Waals surface area (Å²) >= 11 is 0. The number of esters is 1. The lowest BCUT2D eigenvalue weighted by molar-refractivity contribution is -0.151. The van der Waals surface area contributed by atoms with E-state index in [9.17, 15) is 14.4 Å². The van der Waals surface area contributed by atoms with Gasteiger partial charge in [-0.15, -0.1) is 13.2 Å². The molecule has 0 aliphatic heterocycles. The molecule has 6 nitrogen and oxygen atoms in total. The van der Waals surface area contributed by atoms with Gasteiger partial charge in [0.2, 0.25) is 5.91 Å². The third kappa shape index (κ3) is 7.31. The van der Waals surface area contributed by atoms with Crippen LogP contribution in [0, 0.1) is 23.2 Å². The number of rotatable bonds is 15. The lowest BCUT2D eigenvalue weighted by atomic mass is 9.73. The Kier molecular flexibility index (Phi) is 11.7. The number of ketones is 1. The van der Waals surface area contributed by atoms with E-state index < -0.39 is 25.6 Å². The molecule has 0 saturated heterocycles. The average molecular weight is 644 g/mol. The fraction of sp³-hybridized carbons (Fsp3) is 0.513. The molecule has 0 N–H and O–H groups in total. The smallest absolute Gasteiger partial charge is 0.312 e. The maximum atomic E-state index is 14.4. The Hall–Kier alpha value is -3.29. The number of unbranched alkanes of at least 4 members (excludes halogenated alkanes) is 2. The van der Waals surface area contributed by atoms with Crippen LogP contribution < -0.4 is 10.4 Å². The molecule has 2 aromatic carbocycles. The Balaban J connectivity index is 1.68. The monoisotopic (exact) mass is 643 g/mol. The maximum absolute atomic E-state index is 14.4. The molecule has 1 amide bonds. The largest absolute Gasteiger partial charge is 0.469 e. The van der Waals surface area contributed by atoms with Crippen molar-refractivity contribution in [3.05, 3.63) is 86.0 Å². The molecule has 0 spiro atoms. The SMILES string of the molecule is C=CCCCCN(C)C(=O)[C@@H]1CC[C@@H](O[Si](c2ccccc2)(c2ccccc2)C(C)(C)C)C[C@H]1C(=O)C[C@]1(C(=O)OC)C[C@H]1C=C. The van der Waals surface area contributed by atoms with Crippen LogP contribution in [0.3, 0.4) is 0 Å². The molecule has 2 saturated carbocycles. The molecule has 2 aromatic rings. The lowest BCUT2D eigenvalue weighted by Gasteiger charge is -2.47. The van der Waals surface area contributed by atoms with E-state index in [2.05, 4.69) is 82.5 Å². The normalized spacial score (nSPS) is 24.5. The number of methoxy groups -OCH3 is 1. The van der Waals surface area contributed by atoms with Crippen molar-refractivity contribution in [1.82, 2.24) is 4.90 Å². The van der Waals surface area contributed by atoms with Gasteiger partial charge in [0, 0.05) is 38.0 Å². The first-order valence-corrected chi connectivity index (χ1v) is 18.7. The highest BCUT2D eigenvalue weighted by atomic mass is 28.4. The van der Waals surface area contributed by atoms with Crippen molar-refractivity contribution in [2.75, 3.05) is 20.7 Å². The van der Waals surface area contributed by atoms with Crippen molar-refractivity contribution in [3.63, 3.8) is 0 Å². The van der Waals surface area contributed by atoms with Crippen LogP contribution in [0.4, 0.5) is 0 Å². The van der Waals surface area contributed by atoms with E-state index in [0.717, 1.165) is 19.3 Å². The number of carbonyl (C=O) groups is 3. The summed E-state index contributed by atoms with van der Waals surface area (Å²) in [5, 5.41) is 2.16. The zero-order chi connectivity index (χ0) is 33.5. The van der Waals surface area contributed by atoms with Gasteiger partial charge in [0.25, 0.3) is 8.32 Å². The van der Waals surface area contributed by atoms with Crippen molar-refractivity contribution >= 4 is 36.4 Å². The fourth-order valence-electron chi connectivity index (χ4n) is 7.66. The van der Waals surface area contributed by atoms with Gasteiger partial charge in [-0.3, -0.25) is 14.4 Å². The molecule has 0 radical (unpaired) electrons. The maximum Gasteiger partial charge on any atom is 0.312 e.